The molecule has 23 heavy (non-hydrogen) atoms. The molecule has 0 radical (unpaired) electrons. The van der Waals surface area contributed by atoms with Crippen molar-refractivity contribution in [2.24, 2.45) is 0 Å². The highest BCUT2D eigenvalue weighted by Gasteiger charge is 2.38. The van der Waals surface area contributed by atoms with Crippen LogP contribution < -0.4 is 9.47 Å². The number of aliphatic carboxylic acids is 1. The monoisotopic (exact) mass is 353 g/mol. The van der Waals surface area contributed by atoms with Gasteiger partial charge in [0.1, 0.15) is 10.4 Å². The van der Waals surface area contributed by atoms with Crippen molar-refractivity contribution in [1.82, 2.24) is 4.90 Å². The number of carboxylic acids is 1. The fraction of sp³-hybridized carbons (Fsp3) is 0.267. The standard InChI is InChI=1S/C15H15NO5S2/c1-8(14(18)19)16-13(17)12(23-15(16)22)7-9-4-5-10(20-2)11(6-9)21-3/h4-8H,1-3H3,(H,18,19)/b12-7+/t8-/m0/s1. The maximum absolute atomic E-state index is 12.4. The lowest BCUT2D eigenvalue weighted by Gasteiger charge is -2.18. The molecule has 122 valence electrons. The van der Waals surface area contributed by atoms with Crippen LogP contribution in [0.4, 0.5) is 0 Å². The van der Waals surface area contributed by atoms with E-state index >= 15 is 0 Å². The Balaban J connectivity index is 2.32. The number of carboxylic acid groups (broad SMARTS) is 1. The lowest BCUT2D eigenvalue weighted by molar-refractivity contribution is -0.144. The molecule has 1 aromatic rings. The summed E-state index contributed by atoms with van der Waals surface area (Å²) in [4.78, 5) is 24.9. The number of ether oxygens (including phenoxy) is 2. The van der Waals surface area contributed by atoms with Crippen LogP contribution in [-0.4, -0.2) is 46.5 Å². The molecule has 6 nitrogen and oxygen atoms in total. The Morgan fingerprint density at radius 1 is 1.35 bits per heavy atom. The number of thioether (sulfide) groups is 1. The Bertz CT molecular complexity index is 701. The van der Waals surface area contributed by atoms with Crippen LogP contribution in [0.25, 0.3) is 6.08 Å². The van der Waals surface area contributed by atoms with Crippen molar-refractivity contribution in [1.29, 1.82) is 0 Å². The Morgan fingerprint density at radius 3 is 2.57 bits per heavy atom. The Morgan fingerprint density at radius 2 is 2.00 bits per heavy atom. The van der Waals surface area contributed by atoms with Crippen molar-refractivity contribution in [3.05, 3.63) is 28.7 Å². The number of hydrogen-bond donors (Lipinski definition) is 1. The lowest BCUT2D eigenvalue weighted by Crippen LogP contribution is -2.41. The van der Waals surface area contributed by atoms with Crippen LogP contribution in [0.3, 0.4) is 0 Å². The molecule has 0 bridgehead atoms. The van der Waals surface area contributed by atoms with Gasteiger partial charge in [0, 0.05) is 0 Å². The van der Waals surface area contributed by atoms with Gasteiger partial charge in [0.15, 0.2) is 11.5 Å². The number of carbonyl (C=O) groups excluding carboxylic acids is 1. The third-order valence-corrected chi connectivity index (χ3v) is 4.60. The summed E-state index contributed by atoms with van der Waals surface area (Å²) in [6.45, 7) is 1.42. The van der Waals surface area contributed by atoms with Crippen LogP contribution in [0.5, 0.6) is 11.5 Å². The molecule has 1 heterocycles. The molecule has 1 saturated heterocycles. The summed E-state index contributed by atoms with van der Waals surface area (Å²) >= 11 is 6.19. The van der Waals surface area contributed by atoms with Crippen molar-refractivity contribution in [2.45, 2.75) is 13.0 Å². The van der Waals surface area contributed by atoms with Crippen molar-refractivity contribution in [3.63, 3.8) is 0 Å². The molecule has 1 amide bonds. The fourth-order valence-electron chi connectivity index (χ4n) is 2.02. The minimum absolute atomic E-state index is 0.233. The molecule has 0 spiro atoms. The average Bonchev–Trinajstić information content (AvgIpc) is 2.80. The number of thiocarbonyl (C=S) groups is 1. The summed E-state index contributed by atoms with van der Waals surface area (Å²) in [5, 5.41) is 9.07. The number of methoxy groups -OCH3 is 2. The maximum atomic E-state index is 12.4. The van der Waals surface area contributed by atoms with Gasteiger partial charge < -0.3 is 14.6 Å². The summed E-state index contributed by atoms with van der Waals surface area (Å²) < 4.78 is 10.6. The van der Waals surface area contributed by atoms with E-state index in [2.05, 4.69) is 0 Å². The molecule has 0 saturated carbocycles. The summed E-state index contributed by atoms with van der Waals surface area (Å²) in [6, 6.07) is 4.23. The van der Waals surface area contributed by atoms with Gasteiger partial charge in [-0.2, -0.15) is 0 Å². The van der Waals surface area contributed by atoms with E-state index in [9.17, 15) is 9.59 Å². The molecule has 8 heteroatoms. The summed E-state index contributed by atoms with van der Waals surface area (Å²) in [5.74, 6) is -0.398. The maximum Gasteiger partial charge on any atom is 0.326 e. The van der Waals surface area contributed by atoms with Gasteiger partial charge in [0.05, 0.1) is 19.1 Å². The van der Waals surface area contributed by atoms with E-state index in [1.165, 1.54) is 21.1 Å². The normalized spacial score (nSPS) is 17.5. The minimum atomic E-state index is -1.10. The van der Waals surface area contributed by atoms with E-state index in [1.54, 1.807) is 24.3 Å². The highest BCUT2D eigenvalue weighted by molar-refractivity contribution is 8.26. The molecule has 1 aromatic carbocycles. The molecule has 1 atom stereocenters. The largest absolute Gasteiger partial charge is 0.493 e. The molecule has 0 aromatic heterocycles. The number of carbonyl (C=O) groups is 2. The number of nitrogens with zero attached hydrogens (tertiary/aromatic N) is 1. The zero-order valence-electron chi connectivity index (χ0n) is 12.7. The Kier molecular flexibility index (Phi) is 5.27. The molecular formula is C15H15NO5S2. The van der Waals surface area contributed by atoms with Crippen LogP contribution in [0.1, 0.15) is 12.5 Å². The number of benzene rings is 1. The second kappa shape index (κ2) is 7.01. The van der Waals surface area contributed by atoms with Gasteiger partial charge >= 0.3 is 5.97 Å². The van der Waals surface area contributed by atoms with Gasteiger partial charge in [-0.3, -0.25) is 9.69 Å². The quantitative estimate of drug-likeness (QED) is 0.643. The second-order valence-electron chi connectivity index (χ2n) is 4.68. The predicted molar refractivity (Wildman–Crippen MR) is 91.7 cm³/mol. The van der Waals surface area contributed by atoms with Crippen molar-refractivity contribution in [3.8, 4) is 11.5 Å². The molecule has 0 aliphatic carbocycles. The predicted octanol–water partition coefficient (Wildman–Crippen LogP) is 2.38. The molecule has 1 aliphatic heterocycles. The third kappa shape index (κ3) is 3.48. The topological polar surface area (TPSA) is 76.1 Å². The van der Waals surface area contributed by atoms with Crippen LogP contribution in [0, 0.1) is 0 Å². The summed E-state index contributed by atoms with van der Waals surface area (Å²) in [6.07, 6.45) is 1.65. The average molecular weight is 353 g/mol. The minimum Gasteiger partial charge on any atom is -0.493 e. The molecule has 1 N–H and O–H groups in total. The first-order valence-electron chi connectivity index (χ1n) is 6.61. The zero-order chi connectivity index (χ0) is 17.1. The van der Waals surface area contributed by atoms with E-state index in [0.717, 1.165) is 22.2 Å². The van der Waals surface area contributed by atoms with E-state index < -0.39 is 17.9 Å². The first kappa shape index (κ1) is 17.3. The van der Waals surface area contributed by atoms with E-state index in [0.29, 0.717) is 16.4 Å². The second-order valence-corrected chi connectivity index (χ2v) is 6.36. The summed E-state index contributed by atoms with van der Waals surface area (Å²) in [5.41, 5.74) is 0.728. The fourth-order valence-corrected chi connectivity index (χ4v) is 3.44. The van der Waals surface area contributed by atoms with Gasteiger partial charge in [-0.05, 0) is 30.7 Å². The first-order valence-corrected chi connectivity index (χ1v) is 7.83. The van der Waals surface area contributed by atoms with Crippen LogP contribution in [0.2, 0.25) is 0 Å². The van der Waals surface area contributed by atoms with Gasteiger partial charge in [-0.15, -0.1) is 0 Å². The molecule has 2 rings (SSSR count). The number of hydrogen-bond acceptors (Lipinski definition) is 6. The highest BCUT2D eigenvalue weighted by atomic mass is 32.2. The van der Waals surface area contributed by atoms with Gasteiger partial charge in [-0.1, -0.05) is 30.0 Å². The third-order valence-electron chi connectivity index (χ3n) is 3.27. The molecule has 1 fully saturated rings. The van der Waals surface area contributed by atoms with E-state index in [4.69, 9.17) is 26.8 Å². The lowest BCUT2D eigenvalue weighted by atomic mass is 10.1. The van der Waals surface area contributed by atoms with Gasteiger partial charge in [0.25, 0.3) is 5.91 Å². The number of amides is 1. The number of rotatable bonds is 5. The first-order chi connectivity index (χ1) is 10.9. The van der Waals surface area contributed by atoms with Crippen molar-refractivity contribution in [2.75, 3.05) is 14.2 Å². The zero-order valence-corrected chi connectivity index (χ0v) is 14.4. The van der Waals surface area contributed by atoms with E-state index in [-0.39, 0.29) is 4.32 Å². The Hall–Kier alpha value is -2.06. The van der Waals surface area contributed by atoms with E-state index in [1.807, 2.05) is 0 Å². The van der Waals surface area contributed by atoms with Crippen LogP contribution in [0.15, 0.2) is 23.1 Å². The smallest absolute Gasteiger partial charge is 0.326 e. The highest BCUT2D eigenvalue weighted by Crippen LogP contribution is 2.35. The molecule has 0 unspecified atom stereocenters. The molecular weight excluding hydrogens is 338 g/mol. The van der Waals surface area contributed by atoms with Crippen molar-refractivity contribution >= 4 is 46.3 Å². The van der Waals surface area contributed by atoms with Crippen LogP contribution >= 0.6 is 24.0 Å². The van der Waals surface area contributed by atoms with Gasteiger partial charge in [-0.25, -0.2) is 4.79 Å². The van der Waals surface area contributed by atoms with Crippen LogP contribution in [-0.2, 0) is 9.59 Å². The Labute approximate surface area is 143 Å². The van der Waals surface area contributed by atoms with Crippen molar-refractivity contribution < 1.29 is 24.2 Å². The summed E-state index contributed by atoms with van der Waals surface area (Å²) in [7, 11) is 3.06. The molecule has 1 aliphatic rings. The van der Waals surface area contributed by atoms with Gasteiger partial charge in [0.2, 0.25) is 0 Å². The SMILES string of the molecule is COc1ccc(/C=C2/SC(=S)N([C@@H](C)C(=O)O)C2=O)cc1OC.